The summed E-state index contributed by atoms with van der Waals surface area (Å²) in [5.74, 6) is 0.749. The van der Waals surface area contributed by atoms with Crippen LogP contribution in [0.5, 0.6) is 5.75 Å². The molecule has 0 aliphatic rings. The average Bonchev–Trinajstić information content (AvgIpc) is 2.49. The molecule has 1 heterocycles. The molecule has 1 aromatic heterocycles. The maximum absolute atomic E-state index is 5.10. The fraction of sp³-hybridized carbons (Fsp3) is 0.125. The number of fused-ring (bicyclic) bond motifs is 1. The molecule has 0 fully saturated rings. The van der Waals surface area contributed by atoms with Crippen molar-refractivity contribution in [1.29, 1.82) is 0 Å². The third kappa shape index (κ3) is 1.08. The zero-order valence-corrected chi connectivity index (χ0v) is 7.96. The van der Waals surface area contributed by atoms with E-state index in [1.54, 1.807) is 13.2 Å². The van der Waals surface area contributed by atoms with E-state index in [1.165, 1.54) is 6.39 Å². The van der Waals surface area contributed by atoms with Crippen LogP contribution >= 0.6 is 15.9 Å². The molecule has 0 saturated carbocycles. The molecule has 0 amide bonds. The molecular formula is C8H6BrNO2. The van der Waals surface area contributed by atoms with E-state index in [0.717, 1.165) is 21.3 Å². The Labute approximate surface area is 77.5 Å². The first kappa shape index (κ1) is 7.61. The van der Waals surface area contributed by atoms with E-state index in [2.05, 4.69) is 20.9 Å². The van der Waals surface area contributed by atoms with E-state index in [1.807, 2.05) is 6.07 Å². The van der Waals surface area contributed by atoms with Crippen LogP contribution in [-0.4, -0.2) is 12.1 Å². The zero-order valence-electron chi connectivity index (χ0n) is 6.37. The van der Waals surface area contributed by atoms with Gasteiger partial charge in [0.15, 0.2) is 12.0 Å². The molecular weight excluding hydrogens is 222 g/mol. The number of nitrogens with zero attached hydrogens (tertiary/aromatic N) is 1. The summed E-state index contributed by atoms with van der Waals surface area (Å²) >= 11 is 3.36. The van der Waals surface area contributed by atoms with Crippen molar-refractivity contribution < 1.29 is 9.15 Å². The summed E-state index contributed by atoms with van der Waals surface area (Å²) in [6.07, 6.45) is 1.41. The van der Waals surface area contributed by atoms with Crippen LogP contribution in [0.3, 0.4) is 0 Å². The van der Waals surface area contributed by atoms with Crippen molar-refractivity contribution in [3.8, 4) is 5.75 Å². The van der Waals surface area contributed by atoms with Gasteiger partial charge in [-0.25, -0.2) is 4.98 Å². The van der Waals surface area contributed by atoms with Crippen molar-refractivity contribution in [1.82, 2.24) is 4.98 Å². The third-order valence-electron chi connectivity index (χ3n) is 1.60. The van der Waals surface area contributed by atoms with E-state index < -0.39 is 0 Å². The fourth-order valence-electron chi connectivity index (χ4n) is 1.02. The van der Waals surface area contributed by atoms with Crippen molar-refractivity contribution in [2.24, 2.45) is 0 Å². The first-order valence-corrected chi connectivity index (χ1v) is 4.17. The zero-order chi connectivity index (χ0) is 8.55. The summed E-state index contributed by atoms with van der Waals surface area (Å²) in [5.41, 5.74) is 1.55. The highest BCUT2D eigenvalue weighted by molar-refractivity contribution is 9.10. The van der Waals surface area contributed by atoms with Crippen molar-refractivity contribution in [2.45, 2.75) is 0 Å². The predicted octanol–water partition coefficient (Wildman–Crippen LogP) is 2.60. The van der Waals surface area contributed by atoms with Crippen LogP contribution in [0.2, 0.25) is 0 Å². The normalized spacial score (nSPS) is 10.5. The standard InChI is InChI=1S/C8H6BrNO2/c1-11-7-3-8-6(2-5(7)9)10-4-12-8/h2-4H,1H3. The molecule has 4 heteroatoms. The lowest BCUT2D eigenvalue weighted by Gasteiger charge is -2.00. The molecule has 0 spiro atoms. The molecule has 0 radical (unpaired) electrons. The number of halogens is 1. The number of benzene rings is 1. The smallest absolute Gasteiger partial charge is 0.181 e. The lowest BCUT2D eigenvalue weighted by atomic mass is 10.3. The quantitative estimate of drug-likeness (QED) is 0.752. The van der Waals surface area contributed by atoms with Crippen molar-refractivity contribution in [2.75, 3.05) is 7.11 Å². The largest absolute Gasteiger partial charge is 0.495 e. The van der Waals surface area contributed by atoms with Crippen LogP contribution in [0.15, 0.2) is 27.4 Å². The van der Waals surface area contributed by atoms with E-state index in [9.17, 15) is 0 Å². The van der Waals surface area contributed by atoms with E-state index in [4.69, 9.17) is 9.15 Å². The highest BCUT2D eigenvalue weighted by Gasteiger charge is 2.04. The first-order valence-electron chi connectivity index (χ1n) is 3.38. The van der Waals surface area contributed by atoms with Crippen LogP contribution in [0.25, 0.3) is 11.1 Å². The van der Waals surface area contributed by atoms with Gasteiger partial charge < -0.3 is 9.15 Å². The second-order valence-electron chi connectivity index (χ2n) is 2.31. The molecule has 0 saturated heterocycles. The van der Waals surface area contributed by atoms with E-state index >= 15 is 0 Å². The summed E-state index contributed by atoms with van der Waals surface area (Å²) in [5, 5.41) is 0. The molecule has 3 nitrogen and oxygen atoms in total. The van der Waals surface area contributed by atoms with Gasteiger partial charge in [-0.3, -0.25) is 0 Å². The summed E-state index contributed by atoms with van der Waals surface area (Å²) in [6.45, 7) is 0. The third-order valence-corrected chi connectivity index (χ3v) is 2.22. The molecule has 0 unspecified atom stereocenters. The molecule has 2 aromatic rings. The Morgan fingerprint density at radius 3 is 3.08 bits per heavy atom. The maximum Gasteiger partial charge on any atom is 0.181 e. The molecule has 0 bridgehead atoms. The van der Waals surface area contributed by atoms with Crippen LogP contribution in [0.1, 0.15) is 0 Å². The maximum atomic E-state index is 5.10. The Bertz CT molecular complexity index is 410. The molecule has 2 rings (SSSR count). The van der Waals surface area contributed by atoms with Crippen molar-refractivity contribution >= 4 is 27.0 Å². The number of rotatable bonds is 1. The number of hydrogen-bond acceptors (Lipinski definition) is 3. The van der Waals surface area contributed by atoms with Gasteiger partial charge in [0.25, 0.3) is 0 Å². The first-order chi connectivity index (χ1) is 5.81. The van der Waals surface area contributed by atoms with Gasteiger partial charge in [-0.2, -0.15) is 0 Å². The Hall–Kier alpha value is -1.03. The van der Waals surface area contributed by atoms with Crippen molar-refractivity contribution in [3.05, 3.63) is 23.0 Å². The predicted molar refractivity (Wildman–Crippen MR) is 48.3 cm³/mol. The second-order valence-corrected chi connectivity index (χ2v) is 3.16. The van der Waals surface area contributed by atoms with Crippen LogP contribution in [0.4, 0.5) is 0 Å². The molecule has 0 atom stereocenters. The van der Waals surface area contributed by atoms with E-state index in [0.29, 0.717) is 0 Å². The number of aromatic nitrogens is 1. The summed E-state index contributed by atoms with van der Waals surface area (Å²) in [4.78, 5) is 4.00. The van der Waals surface area contributed by atoms with Gasteiger partial charge >= 0.3 is 0 Å². The Kier molecular flexibility index (Phi) is 1.77. The molecule has 12 heavy (non-hydrogen) atoms. The minimum atomic E-state index is 0.732. The van der Waals surface area contributed by atoms with Gasteiger partial charge in [-0.1, -0.05) is 0 Å². The van der Waals surface area contributed by atoms with Crippen LogP contribution in [-0.2, 0) is 0 Å². The lowest BCUT2D eigenvalue weighted by Crippen LogP contribution is -1.83. The van der Waals surface area contributed by atoms with Gasteiger partial charge in [0.2, 0.25) is 0 Å². The summed E-state index contributed by atoms with van der Waals surface area (Å²) in [6, 6.07) is 3.66. The Balaban J connectivity index is 2.73. The van der Waals surface area contributed by atoms with Gasteiger partial charge in [-0.15, -0.1) is 0 Å². The van der Waals surface area contributed by atoms with Gasteiger partial charge in [0, 0.05) is 6.07 Å². The van der Waals surface area contributed by atoms with E-state index in [-0.39, 0.29) is 0 Å². The number of methoxy groups -OCH3 is 1. The lowest BCUT2D eigenvalue weighted by molar-refractivity contribution is 0.412. The van der Waals surface area contributed by atoms with Gasteiger partial charge in [0.1, 0.15) is 11.3 Å². The number of hydrogen-bond donors (Lipinski definition) is 0. The molecule has 0 N–H and O–H groups in total. The number of ether oxygens (including phenoxy) is 1. The molecule has 0 aliphatic heterocycles. The minimum absolute atomic E-state index is 0.732. The highest BCUT2D eigenvalue weighted by atomic mass is 79.9. The molecule has 1 aromatic carbocycles. The second kappa shape index (κ2) is 2.79. The van der Waals surface area contributed by atoms with Gasteiger partial charge in [-0.05, 0) is 22.0 Å². The average molecular weight is 228 g/mol. The van der Waals surface area contributed by atoms with Crippen molar-refractivity contribution in [3.63, 3.8) is 0 Å². The SMILES string of the molecule is COc1cc2ocnc2cc1Br. The fourth-order valence-corrected chi connectivity index (χ4v) is 1.51. The Morgan fingerprint density at radius 2 is 2.33 bits per heavy atom. The van der Waals surface area contributed by atoms with Crippen LogP contribution < -0.4 is 4.74 Å². The minimum Gasteiger partial charge on any atom is -0.495 e. The summed E-state index contributed by atoms with van der Waals surface area (Å²) < 4.78 is 11.1. The monoisotopic (exact) mass is 227 g/mol. The topological polar surface area (TPSA) is 35.3 Å². The van der Waals surface area contributed by atoms with Gasteiger partial charge in [0.05, 0.1) is 11.6 Å². The molecule has 0 aliphatic carbocycles. The Morgan fingerprint density at radius 1 is 1.50 bits per heavy atom. The van der Waals surface area contributed by atoms with Crippen LogP contribution in [0, 0.1) is 0 Å². The number of oxazole rings is 1. The molecule has 62 valence electrons. The highest BCUT2D eigenvalue weighted by Crippen LogP contribution is 2.29. The summed E-state index contributed by atoms with van der Waals surface area (Å²) in [7, 11) is 1.61.